The van der Waals surface area contributed by atoms with Gasteiger partial charge in [0.15, 0.2) is 0 Å². The van der Waals surface area contributed by atoms with E-state index < -0.39 is 0 Å². The van der Waals surface area contributed by atoms with Crippen LogP contribution in [0, 0.1) is 20.8 Å². The highest BCUT2D eigenvalue weighted by molar-refractivity contribution is 5.78. The summed E-state index contributed by atoms with van der Waals surface area (Å²) in [4.78, 5) is 22.5. The molecule has 3 rings (SSSR count). The van der Waals surface area contributed by atoms with E-state index in [2.05, 4.69) is 53.8 Å². The fraction of sp³-hybridized carbons (Fsp3) is 0.320. The highest BCUT2D eigenvalue weighted by Crippen LogP contribution is 2.31. The topological polar surface area (TPSA) is 72.1 Å². The zero-order valence-corrected chi connectivity index (χ0v) is 18.1. The van der Waals surface area contributed by atoms with Crippen LogP contribution in [-0.2, 0) is 24.1 Å². The third kappa shape index (κ3) is 5.44. The Hall–Kier alpha value is -3.21. The molecule has 0 spiro atoms. The molecule has 0 saturated carbocycles. The summed E-state index contributed by atoms with van der Waals surface area (Å²) in [5.74, 6) is -0.301. The molecule has 5 nitrogen and oxygen atoms in total. The smallest absolute Gasteiger partial charge is 0.221 e. The minimum atomic E-state index is -0.301. The maximum absolute atomic E-state index is 11.6. The first-order valence-electron chi connectivity index (χ1n) is 10.4. The molecule has 2 aromatic heterocycles. The number of hydrogen-bond acceptors (Lipinski definition) is 4. The van der Waals surface area contributed by atoms with E-state index in [1.807, 2.05) is 24.5 Å². The number of nitrogens with two attached hydrogens (primary N) is 1. The number of primary amides is 1. The van der Waals surface area contributed by atoms with Gasteiger partial charge in [-0.05, 0) is 79.1 Å². The van der Waals surface area contributed by atoms with E-state index in [-0.39, 0.29) is 12.3 Å². The minimum absolute atomic E-state index is 0.263. The molecule has 1 aromatic carbocycles. The summed E-state index contributed by atoms with van der Waals surface area (Å²) < 4.78 is 0. The van der Waals surface area contributed by atoms with Crippen molar-refractivity contribution in [2.24, 2.45) is 5.73 Å². The standard InChI is InChI=1S/C25H30N4O/c1-18-14-23(15-24(26)30)20(3)25(19(18)2)29(12-8-21-6-4-10-27-16-21)13-9-22-7-5-11-28-17-22/h4-7,10-11,14,16-17H,8-9,12-13,15H2,1-3H3,(H2,26,30). The molecule has 0 radical (unpaired) electrons. The lowest BCUT2D eigenvalue weighted by molar-refractivity contribution is -0.117. The first kappa shape index (κ1) is 21.5. The Balaban J connectivity index is 1.93. The third-order valence-corrected chi connectivity index (χ3v) is 5.64. The second-order valence-electron chi connectivity index (χ2n) is 7.80. The number of benzene rings is 1. The van der Waals surface area contributed by atoms with Crippen LogP contribution in [-0.4, -0.2) is 29.0 Å². The van der Waals surface area contributed by atoms with E-state index in [1.54, 1.807) is 12.4 Å². The second-order valence-corrected chi connectivity index (χ2v) is 7.80. The van der Waals surface area contributed by atoms with Crippen molar-refractivity contribution in [2.45, 2.75) is 40.0 Å². The van der Waals surface area contributed by atoms with Crippen LogP contribution in [0.3, 0.4) is 0 Å². The molecule has 1 amide bonds. The number of amides is 1. The number of carbonyl (C=O) groups excluding carboxylic acids is 1. The molecule has 0 aliphatic carbocycles. The molecule has 2 heterocycles. The van der Waals surface area contributed by atoms with Crippen LogP contribution in [0.1, 0.15) is 33.4 Å². The molecule has 156 valence electrons. The second kappa shape index (κ2) is 10.0. The molecule has 30 heavy (non-hydrogen) atoms. The van der Waals surface area contributed by atoms with Gasteiger partial charge >= 0.3 is 0 Å². The summed E-state index contributed by atoms with van der Waals surface area (Å²) in [5, 5.41) is 0. The SMILES string of the molecule is Cc1cc(CC(N)=O)c(C)c(N(CCc2cccnc2)CCc2cccnc2)c1C. The van der Waals surface area contributed by atoms with Crippen molar-refractivity contribution in [2.75, 3.05) is 18.0 Å². The van der Waals surface area contributed by atoms with Crippen molar-refractivity contribution in [1.29, 1.82) is 0 Å². The molecule has 0 atom stereocenters. The molecule has 0 saturated heterocycles. The van der Waals surface area contributed by atoms with Gasteiger partial charge in [0.2, 0.25) is 5.91 Å². The summed E-state index contributed by atoms with van der Waals surface area (Å²) in [7, 11) is 0. The zero-order valence-electron chi connectivity index (χ0n) is 18.1. The van der Waals surface area contributed by atoms with Gasteiger partial charge in [-0.3, -0.25) is 14.8 Å². The molecule has 5 heteroatoms. The summed E-state index contributed by atoms with van der Waals surface area (Å²) in [6, 6.07) is 10.3. The number of carbonyl (C=O) groups is 1. The quantitative estimate of drug-likeness (QED) is 0.592. The van der Waals surface area contributed by atoms with E-state index in [1.165, 1.54) is 27.9 Å². The molecule has 3 aromatic rings. The van der Waals surface area contributed by atoms with Crippen molar-refractivity contribution in [1.82, 2.24) is 9.97 Å². The lowest BCUT2D eigenvalue weighted by Crippen LogP contribution is -2.30. The summed E-state index contributed by atoms with van der Waals surface area (Å²) in [6.07, 6.45) is 9.52. The van der Waals surface area contributed by atoms with E-state index in [9.17, 15) is 4.79 Å². The normalized spacial score (nSPS) is 10.8. The lowest BCUT2D eigenvalue weighted by atomic mass is 9.94. The van der Waals surface area contributed by atoms with Gasteiger partial charge in [-0.2, -0.15) is 0 Å². The van der Waals surface area contributed by atoms with Gasteiger partial charge in [0.05, 0.1) is 6.42 Å². The van der Waals surface area contributed by atoms with E-state index >= 15 is 0 Å². The minimum Gasteiger partial charge on any atom is -0.370 e. The lowest BCUT2D eigenvalue weighted by Gasteiger charge is -2.30. The fourth-order valence-corrected chi connectivity index (χ4v) is 3.90. The third-order valence-electron chi connectivity index (χ3n) is 5.64. The Morgan fingerprint density at radius 3 is 1.97 bits per heavy atom. The largest absolute Gasteiger partial charge is 0.370 e. The average molecular weight is 403 g/mol. The maximum atomic E-state index is 11.6. The van der Waals surface area contributed by atoms with Crippen molar-refractivity contribution in [3.63, 3.8) is 0 Å². The van der Waals surface area contributed by atoms with E-state index in [0.717, 1.165) is 37.1 Å². The van der Waals surface area contributed by atoms with Gasteiger partial charge in [-0.25, -0.2) is 0 Å². The Labute approximate surface area is 179 Å². The molecule has 2 N–H and O–H groups in total. The summed E-state index contributed by atoms with van der Waals surface area (Å²) in [5.41, 5.74) is 13.7. The van der Waals surface area contributed by atoms with Crippen LogP contribution >= 0.6 is 0 Å². The molecule has 0 aliphatic rings. The number of aryl methyl sites for hydroxylation is 1. The highest BCUT2D eigenvalue weighted by atomic mass is 16.1. The van der Waals surface area contributed by atoms with Crippen LogP contribution in [0.4, 0.5) is 5.69 Å². The molecular formula is C25H30N4O. The fourth-order valence-electron chi connectivity index (χ4n) is 3.90. The summed E-state index contributed by atoms with van der Waals surface area (Å²) >= 11 is 0. The van der Waals surface area contributed by atoms with Gasteiger partial charge in [0.25, 0.3) is 0 Å². The molecule has 0 unspecified atom stereocenters. The zero-order chi connectivity index (χ0) is 21.5. The predicted octanol–water partition coefficient (Wildman–Crippen LogP) is 3.72. The van der Waals surface area contributed by atoms with Gasteiger partial charge in [-0.1, -0.05) is 18.2 Å². The van der Waals surface area contributed by atoms with Crippen LogP contribution < -0.4 is 10.6 Å². The maximum Gasteiger partial charge on any atom is 0.221 e. The Kier molecular flexibility index (Phi) is 7.17. The number of nitrogens with zero attached hydrogens (tertiary/aromatic N) is 3. The first-order chi connectivity index (χ1) is 14.5. The number of aromatic nitrogens is 2. The van der Waals surface area contributed by atoms with Gasteiger partial charge in [-0.15, -0.1) is 0 Å². The number of pyridine rings is 2. The van der Waals surface area contributed by atoms with Gasteiger partial charge < -0.3 is 10.6 Å². The van der Waals surface area contributed by atoms with Crippen molar-refractivity contribution < 1.29 is 4.79 Å². The number of anilines is 1. The summed E-state index contributed by atoms with van der Waals surface area (Å²) in [6.45, 7) is 8.09. The number of rotatable bonds is 9. The monoisotopic (exact) mass is 402 g/mol. The van der Waals surface area contributed by atoms with Gasteiger partial charge in [0, 0.05) is 43.6 Å². The highest BCUT2D eigenvalue weighted by Gasteiger charge is 2.18. The van der Waals surface area contributed by atoms with Crippen LogP contribution in [0.15, 0.2) is 55.1 Å². The van der Waals surface area contributed by atoms with Crippen LogP contribution in [0.25, 0.3) is 0 Å². The Morgan fingerprint density at radius 1 is 0.933 bits per heavy atom. The van der Waals surface area contributed by atoms with Crippen LogP contribution in [0.2, 0.25) is 0 Å². The Bertz CT molecular complexity index is 944. The van der Waals surface area contributed by atoms with E-state index in [0.29, 0.717) is 0 Å². The van der Waals surface area contributed by atoms with Crippen molar-refractivity contribution >= 4 is 11.6 Å². The molecule has 0 bridgehead atoms. The predicted molar refractivity (Wildman–Crippen MR) is 122 cm³/mol. The number of hydrogen-bond donors (Lipinski definition) is 1. The average Bonchev–Trinajstić information content (AvgIpc) is 2.74. The first-order valence-corrected chi connectivity index (χ1v) is 10.4. The molecule has 0 aliphatic heterocycles. The van der Waals surface area contributed by atoms with Crippen LogP contribution in [0.5, 0.6) is 0 Å². The van der Waals surface area contributed by atoms with E-state index in [4.69, 9.17) is 5.73 Å². The van der Waals surface area contributed by atoms with Crippen molar-refractivity contribution in [3.05, 3.63) is 88.5 Å². The molecular weight excluding hydrogens is 372 g/mol. The van der Waals surface area contributed by atoms with Crippen molar-refractivity contribution in [3.8, 4) is 0 Å². The molecule has 0 fully saturated rings. The van der Waals surface area contributed by atoms with Gasteiger partial charge in [0.1, 0.15) is 0 Å². The Morgan fingerprint density at radius 2 is 1.50 bits per heavy atom.